The van der Waals surface area contributed by atoms with Crippen LogP contribution in [0, 0.1) is 24.0 Å². The molecule has 1 heterocycles. The molecule has 21 heavy (non-hydrogen) atoms. The highest BCUT2D eigenvalue weighted by Crippen LogP contribution is 2.40. The molecule has 2 aromatic carbocycles. The number of hydrogen-bond acceptors (Lipinski definition) is 4. The number of nitrogens with zero attached hydrogens (tertiary/aromatic N) is 2. The number of para-hydroxylation sites is 1. The van der Waals surface area contributed by atoms with Crippen molar-refractivity contribution < 1.29 is 9.66 Å². The van der Waals surface area contributed by atoms with E-state index in [4.69, 9.17) is 4.74 Å². The number of pyridine rings is 1. The molecule has 3 rings (SSSR count). The molecule has 0 atom stereocenters. The minimum absolute atomic E-state index is 0.0196. The zero-order chi connectivity index (χ0) is 15.1. The van der Waals surface area contributed by atoms with E-state index in [2.05, 4.69) is 4.98 Å². The van der Waals surface area contributed by atoms with Crippen LogP contribution in [0.4, 0.5) is 5.69 Å². The molecule has 0 aliphatic rings. The molecular weight excluding hydrogens is 268 g/mol. The van der Waals surface area contributed by atoms with Gasteiger partial charge in [0.2, 0.25) is 0 Å². The van der Waals surface area contributed by atoms with Crippen LogP contribution < -0.4 is 4.74 Å². The number of rotatable bonds is 2. The summed E-state index contributed by atoms with van der Waals surface area (Å²) >= 11 is 0. The summed E-state index contributed by atoms with van der Waals surface area (Å²) in [6, 6.07) is 9.32. The summed E-state index contributed by atoms with van der Waals surface area (Å²) in [6.45, 7) is 3.77. The first-order chi connectivity index (χ1) is 10.0. The number of aromatic nitrogens is 1. The molecule has 0 unspecified atom stereocenters. The molecule has 0 radical (unpaired) electrons. The fourth-order valence-corrected chi connectivity index (χ4v) is 2.75. The number of methoxy groups -OCH3 is 1. The Morgan fingerprint density at radius 2 is 1.95 bits per heavy atom. The number of aryl methyl sites for hydroxylation is 2. The first-order valence-electron chi connectivity index (χ1n) is 6.55. The second-order valence-corrected chi connectivity index (χ2v) is 4.98. The van der Waals surface area contributed by atoms with Crippen LogP contribution in [-0.4, -0.2) is 17.0 Å². The molecule has 106 valence electrons. The standard InChI is InChI=1S/C16H14N2O3/c1-9-8-13(21-3)16(18(19)20)14-10(2)11-6-4-5-7-12(11)17-15(9)14/h4-8H,1-3H3. The van der Waals surface area contributed by atoms with Crippen molar-refractivity contribution >= 4 is 27.5 Å². The molecular formula is C16H14N2O3. The third-order valence-corrected chi connectivity index (χ3v) is 3.75. The summed E-state index contributed by atoms with van der Waals surface area (Å²) in [5.41, 5.74) is 3.18. The highest BCUT2D eigenvalue weighted by atomic mass is 16.6. The van der Waals surface area contributed by atoms with Gasteiger partial charge in [0.05, 0.1) is 28.5 Å². The lowest BCUT2D eigenvalue weighted by molar-refractivity contribution is -0.384. The Labute approximate surface area is 121 Å². The van der Waals surface area contributed by atoms with Gasteiger partial charge >= 0.3 is 5.69 Å². The summed E-state index contributed by atoms with van der Waals surface area (Å²) in [4.78, 5) is 15.7. The van der Waals surface area contributed by atoms with Crippen LogP contribution in [0.2, 0.25) is 0 Å². The van der Waals surface area contributed by atoms with Crippen LogP contribution in [0.15, 0.2) is 30.3 Å². The number of fused-ring (bicyclic) bond motifs is 2. The van der Waals surface area contributed by atoms with E-state index >= 15 is 0 Å². The van der Waals surface area contributed by atoms with Gasteiger partial charge in [0, 0.05) is 5.39 Å². The lowest BCUT2D eigenvalue weighted by atomic mass is 9.99. The van der Waals surface area contributed by atoms with Gasteiger partial charge in [-0.3, -0.25) is 10.1 Å². The van der Waals surface area contributed by atoms with Gasteiger partial charge in [-0.05, 0) is 37.1 Å². The SMILES string of the molecule is COc1cc(C)c2nc3ccccc3c(C)c2c1[N+](=O)[O-]. The molecule has 1 aromatic heterocycles. The molecule has 5 heteroatoms. The molecule has 0 aliphatic carbocycles. The van der Waals surface area contributed by atoms with Crippen molar-refractivity contribution in [1.82, 2.24) is 4.98 Å². The largest absolute Gasteiger partial charge is 0.490 e. The monoisotopic (exact) mass is 282 g/mol. The molecule has 0 amide bonds. The summed E-state index contributed by atoms with van der Waals surface area (Å²) in [5, 5.41) is 13.0. The topological polar surface area (TPSA) is 65.3 Å². The number of benzene rings is 2. The Morgan fingerprint density at radius 1 is 1.24 bits per heavy atom. The van der Waals surface area contributed by atoms with Gasteiger partial charge in [-0.1, -0.05) is 18.2 Å². The molecule has 0 saturated heterocycles. The van der Waals surface area contributed by atoms with Crippen molar-refractivity contribution in [2.45, 2.75) is 13.8 Å². The molecule has 3 aromatic rings. The van der Waals surface area contributed by atoms with Gasteiger partial charge in [-0.2, -0.15) is 0 Å². The van der Waals surface area contributed by atoms with Gasteiger partial charge < -0.3 is 4.74 Å². The number of hydrogen-bond donors (Lipinski definition) is 0. The number of nitro benzene ring substituents is 1. The third kappa shape index (κ3) is 1.89. The van der Waals surface area contributed by atoms with Crippen molar-refractivity contribution in [3.63, 3.8) is 0 Å². The van der Waals surface area contributed by atoms with Gasteiger partial charge in [0.15, 0.2) is 5.75 Å². The first-order valence-corrected chi connectivity index (χ1v) is 6.55. The van der Waals surface area contributed by atoms with Gasteiger partial charge in [-0.25, -0.2) is 4.98 Å². The Balaban J connectivity index is 2.62. The Morgan fingerprint density at radius 3 is 2.62 bits per heavy atom. The van der Waals surface area contributed by atoms with Crippen molar-refractivity contribution in [3.05, 3.63) is 51.6 Å². The predicted molar refractivity (Wildman–Crippen MR) is 81.9 cm³/mol. The average molecular weight is 282 g/mol. The first kappa shape index (κ1) is 13.3. The predicted octanol–water partition coefficient (Wildman–Crippen LogP) is 3.92. The minimum Gasteiger partial charge on any atom is -0.490 e. The Bertz CT molecular complexity index is 888. The highest BCUT2D eigenvalue weighted by molar-refractivity contribution is 6.04. The number of nitro groups is 1. The van der Waals surface area contributed by atoms with E-state index < -0.39 is 4.92 Å². The van der Waals surface area contributed by atoms with E-state index in [1.807, 2.05) is 38.1 Å². The second-order valence-electron chi connectivity index (χ2n) is 4.98. The van der Waals surface area contributed by atoms with Crippen LogP contribution in [0.3, 0.4) is 0 Å². The van der Waals surface area contributed by atoms with E-state index in [0.29, 0.717) is 10.9 Å². The summed E-state index contributed by atoms with van der Waals surface area (Å²) in [5.74, 6) is 0.269. The van der Waals surface area contributed by atoms with Gasteiger partial charge in [-0.15, -0.1) is 0 Å². The Hall–Kier alpha value is -2.69. The molecule has 0 N–H and O–H groups in total. The average Bonchev–Trinajstić information content (AvgIpc) is 2.47. The maximum atomic E-state index is 11.5. The lowest BCUT2D eigenvalue weighted by Gasteiger charge is -2.12. The maximum Gasteiger partial charge on any atom is 0.320 e. The Kier molecular flexibility index (Phi) is 2.97. The van der Waals surface area contributed by atoms with E-state index in [-0.39, 0.29) is 11.4 Å². The second kappa shape index (κ2) is 4.70. The molecule has 0 fully saturated rings. The summed E-state index contributed by atoms with van der Waals surface area (Å²) < 4.78 is 5.19. The van der Waals surface area contributed by atoms with Crippen LogP contribution in [0.25, 0.3) is 21.8 Å². The van der Waals surface area contributed by atoms with Crippen molar-refractivity contribution in [2.24, 2.45) is 0 Å². The molecule has 0 bridgehead atoms. The van der Waals surface area contributed by atoms with Crippen LogP contribution in [0.5, 0.6) is 5.75 Å². The summed E-state index contributed by atoms with van der Waals surface area (Å²) in [7, 11) is 1.44. The van der Waals surface area contributed by atoms with E-state index in [1.54, 1.807) is 6.07 Å². The molecule has 0 saturated carbocycles. The van der Waals surface area contributed by atoms with E-state index in [0.717, 1.165) is 22.0 Å². The normalized spacial score (nSPS) is 11.0. The van der Waals surface area contributed by atoms with E-state index in [9.17, 15) is 10.1 Å². The highest BCUT2D eigenvalue weighted by Gasteiger charge is 2.24. The van der Waals surface area contributed by atoms with E-state index in [1.165, 1.54) is 7.11 Å². The van der Waals surface area contributed by atoms with Crippen molar-refractivity contribution in [1.29, 1.82) is 0 Å². The van der Waals surface area contributed by atoms with Gasteiger partial charge in [0.1, 0.15) is 0 Å². The zero-order valence-electron chi connectivity index (χ0n) is 12.0. The smallest absolute Gasteiger partial charge is 0.320 e. The quantitative estimate of drug-likeness (QED) is 0.406. The fraction of sp³-hybridized carbons (Fsp3) is 0.188. The van der Waals surface area contributed by atoms with Crippen LogP contribution in [-0.2, 0) is 0 Å². The zero-order valence-corrected chi connectivity index (χ0v) is 12.0. The minimum atomic E-state index is -0.399. The molecule has 5 nitrogen and oxygen atoms in total. The third-order valence-electron chi connectivity index (χ3n) is 3.75. The summed E-state index contributed by atoms with van der Waals surface area (Å²) in [6.07, 6.45) is 0. The molecule has 0 spiro atoms. The van der Waals surface area contributed by atoms with Crippen LogP contribution in [0.1, 0.15) is 11.1 Å². The fourth-order valence-electron chi connectivity index (χ4n) is 2.75. The maximum absolute atomic E-state index is 11.5. The van der Waals surface area contributed by atoms with Gasteiger partial charge in [0.25, 0.3) is 0 Å². The number of ether oxygens (including phenoxy) is 1. The van der Waals surface area contributed by atoms with Crippen LogP contribution >= 0.6 is 0 Å². The lowest BCUT2D eigenvalue weighted by Crippen LogP contribution is -1.99. The van der Waals surface area contributed by atoms with Crippen molar-refractivity contribution in [3.8, 4) is 5.75 Å². The van der Waals surface area contributed by atoms with Crippen molar-refractivity contribution in [2.75, 3.05) is 7.11 Å². The molecule has 0 aliphatic heterocycles.